The van der Waals surface area contributed by atoms with Crippen LogP contribution in [-0.4, -0.2) is 36.8 Å². The highest BCUT2D eigenvalue weighted by Gasteiger charge is 2.39. The molecule has 0 saturated carbocycles. The van der Waals surface area contributed by atoms with Crippen molar-refractivity contribution < 1.29 is 9.84 Å². The summed E-state index contributed by atoms with van der Waals surface area (Å²) in [5.74, 6) is 0.0362. The van der Waals surface area contributed by atoms with E-state index in [-0.39, 0.29) is 29.9 Å². The first kappa shape index (κ1) is 13.8. The van der Waals surface area contributed by atoms with Crippen LogP contribution < -0.4 is 11.3 Å². The lowest BCUT2D eigenvalue weighted by Crippen LogP contribution is -2.30. The molecule has 8 nitrogen and oxygen atoms in total. The first-order valence-corrected chi connectivity index (χ1v) is 6.73. The lowest BCUT2D eigenvalue weighted by atomic mass is 10.0. The standard InChI is InChI=1S/C13H17N5O3/c1-2-4-13(6-19)5-3-8(21-13)18-7-15-9-10(18)16-12(14)17-11(9)20/h2,4,7-8,19H,3,5-6H2,1H3,(H3,14,16,17,20)/b4-2+/t8-,13+/m1/s1. The Morgan fingerprint density at radius 3 is 3.24 bits per heavy atom. The van der Waals surface area contributed by atoms with Gasteiger partial charge in [-0.05, 0) is 19.8 Å². The molecule has 3 rings (SSSR count). The SMILES string of the molecule is C/C=C/[C@@]1(CO)CC[C@H](n2cnc3c(=O)[nH]c(N)nc32)O1. The maximum absolute atomic E-state index is 11.8. The van der Waals surface area contributed by atoms with Crippen molar-refractivity contribution in [2.75, 3.05) is 12.3 Å². The summed E-state index contributed by atoms with van der Waals surface area (Å²) < 4.78 is 7.65. The van der Waals surface area contributed by atoms with Crippen molar-refractivity contribution in [2.24, 2.45) is 0 Å². The molecule has 0 radical (unpaired) electrons. The van der Waals surface area contributed by atoms with Crippen LogP contribution in [-0.2, 0) is 4.74 Å². The Morgan fingerprint density at radius 1 is 1.71 bits per heavy atom. The van der Waals surface area contributed by atoms with E-state index >= 15 is 0 Å². The normalized spacial score (nSPS) is 26.1. The lowest BCUT2D eigenvalue weighted by Gasteiger charge is -2.23. The van der Waals surface area contributed by atoms with E-state index in [1.165, 1.54) is 6.33 Å². The van der Waals surface area contributed by atoms with E-state index in [0.29, 0.717) is 18.5 Å². The van der Waals surface area contributed by atoms with Crippen molar-refractivity contribution in [3.63, 3.8) is 0 Å². The van der Waals surface area contributed by atoms with Gasteiger partial charge in [-0.3, -0.25) is 14.3 Å². The number of hydrogen-bond donors (Lipinski definition) is 3. The molecule has 8 heteroatoms. The number of anilines is 1. The van der Waals surface area contributed by atoms with E-state index in [4.69, 9.17) is 10.5 Å². The Morgan fingerprint density at radius 2 is 2.52 bits per heavy atom. The molecule has 1 saturated heterocycles. The third-order valence-corrected chi connectivity index (χ3v) is 3.68. The number of aromatic amines is 1. The number of aliphatic hydroxyl groups excluding tert-OH is 1. The number of nitrogen functional groups attached to an aromatic ring is 1. The predicted octanol–water partition coefficient (Wildman–Crippen LogP) is 0.318. The molecule has 1 aliphatic heterocycles. The number of nitrogens with one attached hydrogen (secondary N) is 1. The van der Waals surface area contributed by atoms with Crippen LogP contribution in [0.4, 0.5) is 5.95 Å². The second-order valence-electron chi connectivity index (χ2n) is 5.11. The third-order valence-electron chi connectivity index (χ3n) is 3.68. The number of ether oxygens (including phenoxy) is 1. The molecule has 0 amide bonds. The second kappa shape index (κ2) is 4.97. The number of rotatable bonds is 3. The minimum Gasteiger partial charge on any atom is -0.393 e. The van der Waals surface area contributed by atoms with Crippen LogP contribution in [0, 0.1) is 0 Å². The molecule has 2 atom stereocenters. The van der Waals surface area contributed by atoms with Gasteiger partial charge in [0.2, 0.25) is 5.95 Å². The highest BCUT2D eigenvalue weighted by molar-refractivity contribution is 5.70. The molecule has 0 aromatic carbocycles. The van der Waals surface area contributed by atoms with Crippen LogP contribution >= 0.6 is 0 Å². The summed E-state index contributed by atoms with van der Waals surface area (Å²) in [6.45, 7) is 1.78. The van der Waals surface area contributed by atoms with Crippen molar-refractivity contribution in [1.82, 2.24) is 19.5 Å². The van der Waals surface area contributed by atoms with E-state index in [1.54, 1.807) is 4.57 Å². The first-order chi connectivity index (χ1) is 10.1. The minimum absolute atomic E-state index is 0.0362. The number of nitrogens with zero attached hydrogens (tertiary/aromatic N) is 3. The summed E-state index contributed by atoms with van der Waals surface area (Å²) in [6, 6.07) is 0. The van der Waals surface area contributed by atoms with Crippen LogP contribution in [0.2, 0.25) is 0 Å². The van der Waals surface area contributed by atoms with Crippen LogP contribution in [0.5, 0.6) is 0 Å². The lowest BCUT2D eigenvalue weighted by molar-refractivity contribution is -0.0677. The minimum atomic E-state index is -0.692. The molecule has 4 N–H and O–H groups in total. The summed E-state index contributed by atoms with van der Waals surface area (Å²) in [5, 5.41) is 9.57. The molecule has 0 unspecified atom stereocenters. The number of aliphatic hydroxyl groups is 1. The summed E-state index contributed by atoms with van der Waals surface area (Å²) in [6.07, 6.45) is 6.24. The number of imidazole rings is 1. The van der Waals surface area contributed by atoms with Crippen molar-refractivity contribution >= 4 is 17.1 Å². The van der Waals surface area contributed by atoms with Gasteiger partial charge in [0.15, 0.2) is 11.2 Å². The highest BCUT2D eigenvalue weighted by atomic mass is 16.5. The fourth-order valence-corrected chi connectivity index (χ4v) is 2.70. The topological polar surface area (TPSA) is 119 Å². The maximum atomic E-state index is 11.8. The van der Waals surface area contributed by atoms with E-state index in [9.17, 15) is 9.90 Å². The fourth-order valence-electron chi connectivity index (χ4n) is 2.70. The molecule has 0 aliphatic carbocycles. The van der Waals surface area contributed by atoms with Gasteiger partial charge in [-0.2, -0.15) is 4.98 Å². The molecule has 0 spiro atoms. The molecule has 1 fully saturated rings. The van der Waals surface area contributed by atoms with Crippen LogP contribution in [0.3, 0.4) is 0 Å². The van der Waals surface area contributed by atoms with Gasteiger partial charge in [-0.15, -0.1) is 0 Å². The number of aromatic nitrogens is 4. The quantitative estimate of drug-likeness (QED) is 0.701. The van der Waals surface area contributed by atoms with Crippen molar-refractivity contribution in [3.8, 4) is 0 Å². The molecular formula is C13H17N5O3. The Labute approximate surface area is 120 Å². The molecule has 0 bridgehead atoms. The molecule has 112 valence electrons. The van der Waals surface area contributed by atoms with Gasteiger partial charge < -0.3 is 15.6 Å². The first-order valence-electron chi connectivity index (χ1n) is 6.73. The molecular weight excluding hydrogens is 274 g/mol. The molecule has 3 heterocycles. The van der Waals surface area contributed by atoms with Gasteiger partial charge in [0.25, 0.3) is 5.56 Å². The smallest absolute Gasteiger partial charge is 0.280 e. The Hall–Kier alpha value is -2.19. The van der Waals surface area contributed by atoms with Crippen LogP contribution in [0.15, 0.2) is 23.3 Å². The fraction of sp³-hybridized carbons (Fsp3) is 0.462. The zero-order chi connectivity index (χ0) is 15.0. The van der Waals surface area contributed by atoms with Crippen molar-refractivity contribution in [1.29, 1.82) is 0 Å². The molecule has 2 aromatic rings. The van der Waals surface area contributed by atoms with Crippen LogP contribution in [0.25, 0.3) is 11.2 Å². The summed E-state index contributed by atoms with van der Waals surface area (Å²) in [5.41, 5.74) is 5.12. The average molecular weight is 291 g/mol. The molecule has 2 aromatic heterocycles. The van der Waals surface area contributed by atoms with Gasteiger partial charge in [-0.1, -0.05) is 12.2 Å². The molecule has 1 aliphatic rings. The van der Waals surface area contributed by atoms with E-state index in [0.717, 1.165) is 0 Å². The van der Waals surface area contributed by atoms with Gasteiger partial charge in [0.05, 0.1) is 12.9 Å². The third kappa shape index (κ3) is 2.22. The zero-order valence-corrected chi connectivity index (χ0v) is 11.6. The number of H-pyrrole nitrogens is 1. The molecule has 21 heavy (non-hydrogen) atoms. The number of fused-ring (bicyclic) bond motifs is 1. The number of nitrogens with two attached hydrogens (primary N) is 1. The zero-order valence-electron chi connectivity index (χ0n) is 11.6. The van der Waals surface area contributed by atoms with Crippen molar-refractivity contribution in [3.05, 3.63) is 28.8 Å². The van der Waals surface area contributed by atoms with Gasteiger partial charge in [-0.25, -0.2) is 4.98 Å². The van der Waals surface area contributed by atoms with E-state index in [1.807, 2.05) is 19.1 Å². The Balaban J connectivity index is 2.01. The van der Waals surface area contributed by atoms with Gasteiger partial charge in [0.1, 0.15) is 11.8 Å². The maximum Gasteiger partial charge on any atom is 0.280 e. The summed E-state index contributed by atoms with van der Waals surface area (Å²) in [4.78, 5) is 22.4. The monoisotopic (exact) mass is 291 g/mol. The van der Waals surface area contributed by atoms with E-state index in [2.05, 4.69) is 15.0 Å². The number of hydrogen-bond acceptors (Lipinski definition) is 6. The number of allylic oxidation sites excluding steroid dienone is 1. The average Bonchev–Trinajstić information content (AvgIpc) is 3.04. The Bertz CT molecular complexity index is 750. The van der Waals surface area contributed by atoms with Gasteiger partial charge >= 0.3 is 0 Å². The Kier molecular flexibility index (Phi) is 3.26. The summed E-state index contributed by atoms with van der Waals surface area (Å²) in [7, 11) is 0. The highest BCUT2D eigenvalue weighted by Crippen LogP contribution is 2.38. The second-order valence-corrected chi connectivity index (χ2v) is 5.11. The van der Waals surface area contributed by atoms with Crippen molar-refractivity contribution in [2.45, 2.75) is 31.6 Å². The van der Waals surface area contributed by atoms with Crippen LogP contribution in [0.1, 0.15) is 26.0 Å². The summed E-state index contributed by atoms with van der Waals surface area (Å²) >= 11 is 0. The largest absolute Gasteiger partial charge is 0.393 e. The predicted molar refractivity (Wildman–Crippen MR) is 76.5 cm³/mol. The van der Waals surface area contributed by atoms with Gasteiger partial charge in [0, 0.05) is 0 Å². The van der Waals surface area contributed by atoms with E-state index < -0.39 is 5.60 Å².